The zero-order chi connectivity index (χ0) is 42.3. The first kappa shape index (κ1) is 51.4. The summed E-state index contributed by atoms with van der Waals surface area (Å²) in [6, 6.07) is 0. The molecule has 0 bridgehead atoms. The zero-order valence-electron chi connectivity index (χ0n) is 42.3. The molecule has 51 heavy (non-hydrogen) atoms. The highest BCUT2D eigenvalue weighted by molar-refractivity contribution is 7.76. The van der Waals surface area contributed by atoms with Gasteiger partial charge in [-0.15, -0.1) is 0 Å². The maximum atomic E-state index is 2.68. The van der Waals surface area contributed by atoms with E-state index in [0.29, 0.717) is 16.2 Å². The van der Waals surface area contributed by atoms with E-state index in [0.717, 1.165) is 0 Å². The molecule has 0 spiro atoms. The zero-order valence-corrected chi connectivity index (χ0v) is 43.2. The van der Waals surface area contributed by atoms with Crippen LogP contribution in [0.3, 0.4) is 0 Å². The molecule has 0 aliphatic carbocycles. The summed E-state index contributed by atoms with van der Waals surface area (Å²) in [4.78, 5) is 0. The van der Waals surface area contributed by atoms with Gasteiger partial charge in [0.2, 0.25) is 0 Å². The highest BCUT2D eigenvalue weighted by atomic mass is 31.2. The standard InChI is InChI=1S/C50H104P/c1-37(2,3)33-51(34-38(4,5)6,35-39(7,8)9)36-41(13,14)43(17,18)45(21,22)47(25,26)49(29,30)50(31,32)48(27,28)46(23,24)44(19,20)42(15,16)40(10,11)12/h33-36H2,1-32H3/q+1. The van der Waals surface area contributed by atoms with Gasteiger partial charge in [-0.3, -0.25) is 0 Å². The number of rotatable bonds is 14. The minimum Gasteiger partial charge on any atom is -0.0596 e. The van der Waals surface area contributed by atoms with Crippen LogP contribution in [0.2, 0.25) is 0 Å². The summed E-state index contributed by atoms with van der Waals surface area (Å²) in [6.07, 6.45) is 5.48. The van der Waals surface area contributed by atoms with Crippen molar-refractivity contribution in [1.82, 2.24) is 0 Å². The first-order chi connectivity index (χ1) is 21.3. The van der Waals surface area contributed by atoms with Gasteiger partial charge in [-0.1, -0.05) is 222 Å². The summed E-state index contributed by atoms with van der Waals surface area (Å²) in [5, 5.41) is 0. The van der Waals surface area contributed by atoms with Crippen molar-refractivity contribution in [3.05, 3.63) is 0 Å². The van der Waals surface area contributed by atoms with E-state index < -0.39 is 7.26 Å². The Balaban J connectivity index is 7.63. The van der Waals surface area contributed by atoms with Crippen LogP contribution in [-0.4, -0.2) is 24.6 Å². The van der Waals surface area contributed by atoms with Gasteiger partial charge in [0.05, 0.1) is 24.6 Å². The van der Waals surface area contributed by atoms with Crippen LogP contribution in [0.5, 0.6) is 0 Å². The summed E-state index contributed by atoms with van der Waals surface area (Å²) in [7, 11) is -1.37. The molecule has 0 aromatic heterocycles. The lowest BCUT2D eigenvalue weighted by Gasteiger charge is -2.72. The first-order valence-electron chi connectivity index (χ1n) is 21.2. The Kier molecular flexibility index (Phi) is 13.9. The van der Waals surface area contributed by atoms with Gasteiger partial charge in [-0.05, 0) is 70.4 Å². The SMILES string of the molecule is CC(C)(C)C[P+](CC(C)(C)C)(CC(C)(C)C)CC(C)(C)C(C)(C)C(C)(C)C(C)(C)C(C)(C)C(C)(C)C(C)(C)C(C)(C)C(C)(C)C(C)(C)C(C)(C)C. The minimum absolute atomic E-state index is 0.00797. The van der Waals surface area contributed by atoms with Crippen molar-refractivity contribution in [2.24, 2.45) is 75.8 Å². The van der Waals surface area contributed by atoms with Crippen molar-refractivity contribution in [3.63, 3.8) is 0 Å². The molecule has 0 atom stereocenters. The lowest BCUT2D eigenvalue weighted by atomic mass is 9.33. The van der Waals surface area contributed by atoms with Gasteiger partial charge in [-0.25, -0.2) is 0 Å². The lowest BCUT2D eigenvalue weighted by molar-refractivity contribution is -0.237. The molecule has 0 aromatic rings. The third-order valence-corrected chi connectivity index (χ3v) is 25.5. The molecule has 0 saturated carbocycles. The maximum absolute atomic E-state index is 2.68. The second kappa shape index (κ2) is 13.8. The highest BCUT2D eigenvalue weighted by Gasteiger charge is 2.69. The molecule has 0 amide bonds. The number of hydrogen-bond donors (Lipinski definition) is 0. The van der Waals surface area contributed by atoms with E-state index in [1.807, 2.05) is 0 Å². The van der Waals surface area contributed by atoms with Gasteiger partial charge in [0.1, 0.15) is 0 Å². The Hall–Kier alpha value is 0.430. The highest BCUT2D eigenvalue weighted by Crippen LogP contribution is 2.77. The summed E-state index contributed by atoms with van der Waals surface area (Å²) in [5.74, 6) is 0. The molecule has 0 fully saturated rings. The van der Waals surface area contributed by atoms with Gasteiger partial charge in [-0.2, -0.15) is 0 Å². The maximum Gasteiger partial charge on any atom is 0.0651 e. The summed E-state index contributed by atoms with van der Waals surface area (Å²) in [6.45, 7) is 82.5. The lowest BCUT2D eigenvalue weighted by Crippen LogP contribution is -2.66. The fourth-order valence-electron chi connectivity index (χ4n) is 11.6. The molecule has 0 heterocycles. The van der Waals surface area contributed by atoms with Crippen molar-refractivity contribution >= 4 is 7.26 Å². The van der Waals surface area contributed by atoms with E-state index in [9.17, 15) is 0 Å². The number of hydrogen-bond acceptors (Lipinski definition) is 0. The van der Waals surface area contributed by atoms with Crippen LogP contribution in [-0.2, 0) is 0 Å². The van der Waals surface area contributed by atoms with E-state index in [2.05, 4.69) is 222 Å². The Labute approximate surface area is 328 Å². The topological polar surface area (TPSA) is 0 Å². The summed E-state index contributed by atoms with van der Waals surface area (Å²) in [5.41, 5.74) is 1.71. The first-order valence-corrected chi connectivity index (χ1v) is 23.7. The van der Waals surface area contributed by atoms with Crippen LogP contribution in [0.25, 0.3) is 0 Å². The summed E-state index contributed by atoms with van der Waals surface area (Å²) >= 11 is 0. The molecule has 0 rings (SSSR count). The van der Waals surface area contributed by atoms with E-state index in [-0.39, 0.29) is 59.6 Å². The molecule has 0 N–H and O–H groups in total. The van der Waals surface area contributed by atoms with Crippen molar-refractivity contribution < 1.29 is 0 Å². The van der Waals surface area contributed by atoms with Crippen LogP contribution in [0.1, 0.15) is 222 Å². The van der Waals surface area contributed by atoms with E-state index in [1.165, 1.54) is 24.6 Å². The molecule has 0 unspecified atom stereocenters. The quantitative estimate of drug-likeness (QED) is 0.156. The van der Waals surface area contributed by atoms with Crippen LogP contribution >= 0.6 is 7.26 Å². The molecule has 0 radical (unpaired) electrons. The second-order valence-electron chi connectivity index (χ2n) is 28.4. The molecule has 0 aromatic carbocycles. The average Bonchev–Trinajstić information content (AvgIpc) is 2.77. The van der Waals surface area contributed by atoms with E-state index in [4.69, 9.17) is 0 Å². The van der Waals surface area contributed by atoms with E-state index in [1.54, 1.807) is 0 Å². The van der Waals surface area contributed by atoms with Crippen LogP contribution in [0, 0.1) is 75.8 Å². The van der Waals surface area contributed by atoms with Gasteiger partial charge >= 0.3 is 0 Å². The molecule has 0 saturated heterocycles. The minimum atomic E-state index is -1.37. The van der Waals surface area contributed by atoms with E-state index >= 15 is 0 Å². The van der Waals surface area contributed by atoms with Crippen LogP contribution in [0.15, 0.2) is 0 Å². The Morgan fingerprint density at radius 2 is 0.392 bits per heavy atom. The predicted molar refractivity (Wildman–Crippen MR) is 242 cm³/mol. The van der Waals surface area contributed by atoms with Crippen molar-refractivity contribution in [1.29, 1.82) is 0 Å². The van der Waals surface area contributed by atoms with Crippen LogP contribution < -0.4 is 0 Å². The summed E-state index contributed by atoms with van der Waals surface area (Å²) < 4.78 is 0. The molecule has 0 aliphatic heterocycles. The fraction of sp³-hybridized carbons (Fsp3) is 1.00. The van der Waals surface area contributed by atoms with Gasteiger partial charge in [0.25, 0.3) is 0 Å². The average molecular weight is 736 g/mol. The van der Waals surface area contributed by atoms with Crippen molar-refractivity contribution in [3.8, 4) is 0 Å². The van der Waals surface area contributed by atoms with Gasteiger partial charge in [0, 0.05) is 12.7 Å². The van der Waals surface area contributed by atoms with Crippen molar-refractivity contribution in [2.45, 2.75) is 222 Å². The van der Waals surface area contributed by atoms with Crippen LogP contribution in [0.4, 0.5) is 0 Å². The molecular weight excluding hydrogens is 632 g/mol. The molecular formula is C50H104P+. The second-order valence-corrected chi connectivity index (χ2v) is 32.4. The van der Waals surface area contributed by atoms with Gasteiger partial charge < -0.3 is 0 Å². The Bertz CT molecular complexity index is 1120. The molecule has 1 heteroatoms. The Morgan fingerprint density at radius 3 is 0.569 bits per heavy atom. The molecule has 0 aliphatic rings. The fourth-order valence-corrected chi connectivity index (χ4v) is 20.4. The third-order valence-electron chi connectivity index (χ3n) is 19.2. The van der Waals surface area contributed by atoms with Crippen molar-refractivity contribution in [2.75, 3.05) is 24.6 Å². The largest absolute Gasteiger partial charge is 0.0651 e. The third kappa shape index (κ3) is 9.03. The Morgan fingerprint density at radius 1 is 0.216 bits per heavy atom. The molecule has 0 nitrogen and oxygen atoms in total. The van der Waals surface area contributed by atoms with Gasteiger partial charge in [0.15, 0.2) is 0 Å². The monoisotopic (exact) mass is 736 g/mol. The predicted octanol–water partition coefficient (Wildman–Crippen LogP) is 17.5. The smallest absolute Gasteiger partial charge is 0.0596 e. The molecule has 308 valence electrons. The normalized spacial score (nSPS) is 16.9.